The lowest BCUT2D eigenvalue weighted by atomic mass is 9.82. The van der Waals surface area contributed by atoms with Crippen molar-refractivity contribution < 1.29 is 0 Å². The second-order valence-electron chi connectivity index (χ2n) is 3.30. The molecule has 1 aromatic carbocycles. The average molecular weight is 194 g/mol. The highest BCUT2D eigenvalue weighted by Crippen LogP contribution is 2.27. The van der Waals surface area contributed by atoms with E-state index >= 15 is 0 Å². The summed E-state index contributed by atoms with van der Waals surface area (Å²) < 4.78 is 0. The van der Waals surface area contributed by atoms with Crippen LogP contribution in [0.5, 0.6) is 0 Å². The first kappa shape index (κ1) is 10.1. The number of hydrogen-bond donors (Lipinski definition) is 0. The Morgan fingerprint density at radius 3 is 2.31 bits per heavy atom. The van der Waals surface area contributed by atoms with Gasteiger partial charge in [0.15, 0.2) is 0 Å². The van der Waals surface area contributed by atoms with Gasteiger partial charge in [0, 0.05) is 5.02 Å². The maximum Gasteiger partial charge on any atom is 0.0791 e. The number of nitriles is 1. The Kier molecular flexibility index (Phi) is 2.95. The summed E-state index contributed by atoms with van der Waals surface area (Å²) in [5.41, 5.74) is 0.645. The van der Waals surface area contributed by atoms with Crippen LogP contribution in [0.3, 0.4) is 0 Å². The number of hydrogen-bond acceptors (Lipinski definition) is 1. The predicted octanol–water partition coefficient (Wildman–Crippen LogP) is 3.53. The Labute approximate surface area is 84.0 Å². The van der Waals surface area contributed by atoms with E-state index in [0.29, 0.717) is 5.02 Å². The molecule has 0 aliphatic carbocycles. The van der Waals surface area contributed by atoms with Crippen LogP contribution in [-0.4, -0.2) is 0 Å². The second-order valence-corrected chi connectivity index (χ2v) is 3.74. The molecule has 1 atom stereocenters. The molecule has 0 fully saturated rings. The van der Waals surface area contributed by atoms with Crippen molar-refractivity contribution in [2.24, 2.45) is 0 Å². The standard InChI is InChI=1S/C11H12ClN/c1-3-11(2,8-13)9-4-6-10(12)7-5-9/h4-7H,3H2,1-2H3. The molecule has 1 rings (SSSR count). The van der Waals surface area contributed by atoms with Gasteiger partial charge in [-0.1, -0.05) is 30.7 Å². The maximum absolute atomic E-state index is 9.03. The summed E-state index contributed by atoms with van der Waals surface area (Å²) in [4.78, 5) is 0. The van der Waals surface area contributed by atoms with E-state index in [4.69, 9.17) is 16.9 Å². The monoisotopic (exact) mass is 193 g/mol. The van der Waals surface area contributed by atoms with Crippen molar-refractivity contribution in [3.8, 4) is 6.07 Å². The van der Waals surface area contributed by atoms with Crippen molar-refractivity contribution in [2.75, 3.05) is 0 Å². The molecule has 0 saturated heterocycles. The number of halogens is 1. The summed E-state index contributed by atoms with van der Waals surface area (Å²) in [7, 11) is 0. The second kappa shape index (κ2) is 3.81. The zero-order chi connectivity index (χ0) is 9.90. The highest BCUT2D eigenvalue weighted by atomic mass is 35.5. The van der Waals surface area contributed by atoms with Crippen molar-refractivity contribution in [3.63, 3.8) is 0 Å². The van der Waals surface area contributed by atoms with Gasteiger partial charge >= 0.3 is 0 Å². The smallest absolute Gasteiger partial charge is 0.0791 e. The van der Waals surface area contributed by atoms with Gasteiger partial charge in [0.2, 0.25) is 0 Å². The first-order valence-corrected chi connectivity index (χ1v) is 4.67. The highest BCUT2D eigenvalue weighted by Gasteiger charge is 2.23. The normalized spacial score (nSPS) is 14.6. The van der Waals surface area contributed by atoms with Gasteiger partial charge < -0.3 is 0 Å². The van der Waals surface area contributed by atoms with Gasteiger partial charge in [0.05, 0.1) is 11.5 Å². The van der Waals surface area contributed by atoms with Crippen LogP contribution in [0.2, 0.25) is 5.02 Å². The molecule has 0 heterocycles. The molecule has 0 spiro atoms. The van der Waals surface area contributed by atoms with Gasteiger partial charge in [-0.05, 0) is 31.0 Å². The molecule has 0 N–H and O–H groups in total. The summed E-state index contributed by atoms with van der Waals surface area (Å²) in [6, 6.07) is 9.79. The van der Waals surface area contributed by atoms with Crippen LogP contribution in [0.15, 0.2) is 24.3 Å². The molecular formula is C11H12ClN. The van der Waals surface area contributed by atoms with Gasteiger partial charge in [-0.25, -0.2) is 0 Å². The topological polar surface area (TPSA) is 23.8 Å². The van der Waals surface area contributed by atoms with Crippen molar-refractivity contribution in [3.05, 3.63) is 34.9 Å². The minimum atomic E-state index is -0.384. The van der Waals surface area contributed by atoms with E-state index in [2.05, 4.69) is 6.07 Å². The lowest BCUT2D eigenvalue weighted by Gasteiger charge is -2.19. The molecule has 0 bridgehead atoms. The van der Waals surface area contributed by atoms with E-state index < -0.39 is 0 Å². The molecule has 0 saturated carbocycles. The Hall–Kier alpha value is -1.00. The third-order valence-corrected chi connectivity index (χ3v) is 2.69. The Bertz CT molecular complexity index is 323. The fourth-order valence-electron chi connectivity index (χ4n) is 1.17. The lowest BCUT2D eigenvalue weighted by Crippen LogP contribution is -2.17. The first-order chi connectivity index (χ1) is 6.12. The zero-order valence-electron chi connectivity index (χ0n) is 7.84. The van der Waals surface area contributed by atoms with E-state index in [1.807, 2.05) is 38.1 Å². The first-order valence-electron chi connectivity index (χ1n) is 4.29. The van der Waals surface area contributed by atoms with Crippen molar-refractivity contribution >= 4 is 11.6 Å². The number of nitrogens with zero attached hydrogens (tertiary/aromatic N) is 1. The minimum Gasteiger partial charge on any atom is -0.197 e. The summed E-state index contributed by atoms with van der Waals surface area (Å²) in [5, 5.41) is 9.73. The van der Waals surface area contributed by atoms with Gasteiger partial charge in [-0.2, -0.15) is 5.26 Å². The summed E-state index contributed by atoms with van der Waals surface area (Å²) in [6.45, 7) is 3.95. The molecule has 1 nitrogen and oxygen atoms in total. The van der Waals surface area contributed by atoms with Crippen LogP contribution < -0.4 is 0 Å². The fraction of sp³-hybridized carbons (Fsp3) is 0.364. The quantitative estimate of drug-likeness (QED) is 0.705. The lowest BCUT2D eigenvalue weighted by molar-refractivity contribution is 0.587. The van der Waals surface area contributed by atoms with Crippen LogP contribution in [-0.2, 0) is 5.41 Å². The molecule has 1 unspecified atom stereocenters. The van der Waals surface area contributed by atoms with Crippen LogP contribution in [0.1, 0.15) is 25.8 Å². The van der Waals surface area contributed by atoms with Gasteiger partial charge in [0.25, 0.3) is 0 Å². The molecule has 0 aromatic heterocycles. The predicted molar refractivity (Wildman–Crippen MR) is 54.7 cm³/mol. The van der Waals surface area contributed by atoms with Crippen LogP contribution in [0.25, 0.3) is 0 Å². The van der Waals surface area contributed by atoms with Crippen molar-refractivity contribution in [1.29, 1.82) is 5.26 Å². The van der Waals surface area contributed by atoms with Gasteiger partial charge in [-0.15, -0.1) is 0 Å². The van der Waals surface area contributed by atoms with Crippen molar-refractivity contribution in [2.45, 2.75) is 25.7 Å². The highest BCUT2D eigenvalue weighted by molar-refractivity contribution is 6.30. The van der Waals surface area contributed by atoms with E-state index in [1.54, 1.807) is 0 Å². The summed E-state index contributed by atoms with van der Waals surface area (Å²) >= 11 is 5.77. The Morgan fingerprint density at radius 2 is 1.92 bits per heavy atom. The molecule has 0 amide bonds. The molecule has 0 aliphatic rings. The Morgan fingerprint density at radius 1 is 1.38 bits per heavy atom. The molecule has 68 valence electrons. The summed E-state index contributed by atoms with van der Waals surface area (Å²) in [5.74, 6) is 0. The Balaban J connectivity index is 3.08. The molecule has 13 heavy (non-hydrogen) atoms. The van der Waals surface area contributed by atoms with E-state index in [-0.39, 0.29) is 5.41 Å². The minimum absolute atomic E-state index is 0.384. The zero-order valence-corrected chi connectivity index (χ0v) is 8.60. The van der Waals surface area contributed by atoms with Gasteiger partial charge in [-0.3, -0.25) is 0 Å². The molecular weight excluding hydrogens is 182 g/mol. The molecule has 0 aliphatic heterocycles. The van der Waals surface area contributed by atoms with E-state index in [0.717, 1.165) is 12.0 Å². The number of rotatable bonds is 2. The molecule has 2 heteroatoms. The van der Waals surface area contributed by atoms with Crippen molar-refractivity contribution in [1.82, 2.24) is 0 Å². The van der Waals surface area contributed by atoms with Crippen LogP contribution >= 0.6 is 11.6 Å². The van der Waals surface area contributed by atoms with Crippen LogP contribution in [0.4, 0.5) is 0 Å². The SMILES string of the molecule is CCC(C)(C#N)c1ccc(Cl)cc1. The number of benzene rings is 1. The summed E-state index contributed by atoms with van der Waals surface area (Å²) in [6.07, 6.45) is 0.811. The van der Waals surface area contributed by atoms with E-state index in [1.165, 1.54) is 0 Å². The largest absolute Gasteiger partial charge is 0.197 e. The third kappa shape index (κ3) is 2.02. The van der Waals surface area contributed by atoms with Crippen LogP contribution in [0, 0.1) is 11.3 Å². The average Bonchev–Trinajstić information content (AvgIpc) is 2.18. The fourth-order valence-corrected chi connectivity index (χ4v) is 1.29. The maximum atomic E-state index is 9.03. The molecule has 0 radical (unpaired) electrons. The van der Waals surface area contributed by atoms with Gasteiger partial charge in [0.1, 0.15) is 0 Å². The van der Waals surface area contributed by atoms with E-state index in [9.17, 15) is 0 Å². The molecule has 1 aromatic rings. The third-order valence-electron chi connectivity index (χ3n) is 2.44.